The van der Waals surface area contributed by atoms with Gasteiger partial charge in [-0.1, -0.05) is 30.4 Å². The standard InChI is InChI=1S/C17H16N4O4S2/c1-24-16(22)9-10(17(23)25-2)14(26)19-12(9)11-13(18)20-21(15(11)27)8-6-4-3-5-7-8/h3-7,19-20,26H,18H2,1-2H3. The van der Waals surface area contributed by atoms with Gasteiger partial charge < -0.3 is 20.2 Å². The second-order valence-corrected chi connectivity index (χ2v) is 6.29. The van der Waals surface area contributed by atoms with Gasteiger partial charge >= 0.3 is 11.9 Å². The molecule has 0 aliphatic rings. The summed E-state index contributed by atoms with van der Waals surface area (Å²) in [6.45, 7) is 0. The minimum absolute atomic E-state index is 0.0497. The number of anilines is 1. The summed E-state index contributed by atoms with van der Waals surface area (Å²) in [6.07, 6.45) is 0. The van der Waals surface area contributed by atoms with Crippen LogP contribution in [0, 0.1) is 4.64 Å². The number of benzene rings is 1. The molecule has 0 bridgehead atoms. The molecule has 0 fully saturated rings. The fourth-order valence-electron chi connectivity index (χ4n) is 2.74. The fourth-order valence-corrected chi connectivity index (χ4v) is 3.41. The maximum absolute atomic E-state index is 12.4. The number of thiol groups is 1. The average molecular weight is 404 g/mol. The molecule has 0 amide bonds. The maximum Gasteiger partial charge on any atom is 0.341 e. The van der Waals surface area contributed by atoms with E-state index >= 15 is 0 Å². The highest BCUT2D eigenvalue weighted by Crippen LogP contribution is 2.35. The van der Waals surface area contributed by atoms with E-state index in [4.69, 9.17) is 27.4 Å². The van der Waals surface area contributed by atoms with Crippen molar-refractivity contribution in [3.63, 3.8) is 0 Å². The van der Waals surface area contributed by atoms with Crippen LogP contribution in [0.15, 0.2) is 35.4 Å². The number of ether oxygens (including phenoxy) is 2. The average Bonchev–Trinajstić information content (AvgIpc) is 3.16. The van der Waals surface area contributed by atoms with Gasteiger partial charge in [-0.05, 0) is 12.1 Å². The van der Waals surface area contributed by atoms with Gasteiger partial charge in [0.15, 0.2) is 0 Å². The molecule has 140 valence electrons. The topological polar surface area (TPSA) is 115 Å². The molecule has 2 aromatic heterocycles. The van der Waals surface area contributed by atoms with Crippen molar-refractivity contribution in [3.8, 4) is 16.9 Å². The van der Waals surface area contributed by atoms with Crippen LogP contribution in [0.2, 0.25) is 0 Å². The third kappa shape index (κ3) is 3.13. The smallest absolute Gasteiger partial charge is 0.341 e. The zero-order valence-electron chi connectivity index (χ0n) is 14.4. The van der Waals surface area contributed by atoms with Gasteiger partial charge in [-0.25, -0.2) is 14.3 Å². The number of carbonyl (C=O) groups excluding carboxylic acids is 2. The lowest BCUT2D eigenvalue weighted by molar-refractivity contribution is 0.0554. The number of nitrogens with two attached hydrogens (primary N) is 1. The normalized spacial score (nSPS) is 10.6. The van der Waals surface area contributed by atoms with Gasteiger partial charge in [-0.15, -0.1) is 12.6 Å². The van der Waals surface area contributed by atoms with E-state index in [2.05, 4.69) is 22.7 Å². The van der Waals surface area contributed by atoms with Crippen LogP contribution in [-0.4, -0.2) is 40.9 Å². The largest absolute Gasteiger partial charge is 0.465 e. The number of esters is 2. The van der Waals surface area contributed by atoms with Gasteiger partial charge in [0.1, 0.15) is 21.6 Å². The predicted octanol–water partition coefficient (Wildman–Crippen LogP) is 2.97. The lowest BCUT2D eigenvalue weighted by Gasteiger charge is -2.04. The van der Waals surface area contributed by atoms with E-state index in [0.29, 0.717) is 10.2 Å². The highest BCUT2D eigenvalue weighted by atomic mass is 32.1. The second-order valence-electron chi connectivity index (χ2n) is 5.46. The number of nitrogens with zero attached hydrogens (tertiary/aromatic N) is 1. The minimum atomic E-state index is -0.747. The molecule has 0 radical (unpaired) electrons. The number of nitrogen functional groups attached to an aromatic ring is 1. The molecule has 0 saturated heterocycles. The molecule has 1 aromatic carbocycles. The summed E-state index contributed by atoms with van der Waals surface area (Å²) in [6, 6.07) is 9.26. The van der Waals surface area contributed by atoms with Crippen molar-refractivity contribution in [1.82, 2.24) is 14.8 Å². The molecule has 0 aliphatic carbocycles. The van der Waals surface area contributed by atoms with Crippen LogP contribution in [0.4, 0.5) is 5.82 Å². The SMILES string of the molecule is COC(=O)c1c(S)[nH]c(-c2c(N)[nH]n(-c3ccccc3)c2=S)c1C(=O)OC. The van der Waals surface area contributed by atoms with Gasteiger partial charge in [0.2, 0.25) is 0 Å². The summed E-state index contributed by atoms with van der Waals surface area (Å²) in [7, 11) is 2.41. The maximum atomic E-state index is 12.4. The Morgan fingerprint density at radius 3 is 2.30 bits per heavy atom. The first-order chi connectivity index (χ1) is 12.9. The number of hydrogen-bond donors (Lipinski definition) is 4. The van der Waals surface area contributed by atoms with Crippen molar-refractivity contribution < 1.29 is 19.1 Å². The van der Waals surface area contributed by atoms with Crippen LogP contribution in [0.3, 0.4) is 0 Å². The quantitative estimate of drug-likeness (QED) is 0.302. The number of para-hydroxylation sites is 1. The number of aromatic nitrogens is 3. The Kier molecular flexibility index (Phi) is 5.10. The summed E-state index contributed by atoms with van der Waals surface area (Å²) < 4.78 is 11.5. The predicted molar refractivity (Wildman–Crippen MR) is 105 cm³/mol. The van der Waals surface area contributed by atoms with E-state index in [9.17, 15) is 9.59 Å². The molecule has 3 rings (SSSR count). The molecule has 0 atom stereocenters. The van der Waals surface area contributed by atoms with Crippen molar-refractivity contribution >= 4 is 42.6 Å². The number of rotatable bonds is 4. The Morgan fingerprint density at radius 1 is 1.11 bits per heavy atom. The molecule has 2 heterocycles. The van der Waals surface area contributed by atoms with Crippen LogP contribution in [0.25, 0.3) is 16.9 Å². The van der Waals surface area contributed by atoms with Gasteiger partial charge in [-0.2, -0.15) is 0 Å². The first kappa shape index (κ1) is 18.8. The van der Waals surface area contributed by atoms with Crippen molar-refractivity contribution in [2.24, 2.45) is 0 Å². The lowest BCUT2D eigenvalue weighted by Crippen LogP contribution is -2.11. The first-order valence-electron chi connectivity index (χ1n) is 7.68. The number of carbonyl (C=O) groups is 2. The Bertz CT molecular complexity index is 1080. The van der Waals surface area contributed by atoms with Crippen molar-refractivity contribution in [1.29, 1.82) is 0 Å². The molecule has 27 heavy (non-hydrogen) atoms. The Hall–Kier alpha value is -2.98. The number of H-pyrrole nitrogens is 2. The van der Waals surface area contributed by atoms with Gasteiger partial charge in [0, 0.05) is 0 Å². The third-order valence-corrected chi connectivity index (χ3v) is 4.66. The Morgan fingerprint density at radius 2 is 1.70 bits per heavy atom. The Labute approximate surface area is 164 Å². The van der Waals surface area contributed by atoms with Crippen molar-refractivity contribution in [2.45, 2.75) is 5.03 Å². The van der Waals surface area contributed by atoms with E-state index in [1.807, 2.05) is 30.3 Å². The van der Waals surface area contributed by atoms with Gasteiger partial charge in [0.05, 0.1) is 36.2 Å². The van der Waals surface area contributed by atoms with E-state index in [0.717, 1.165) is 5.69 Å². The minimum Gasteiger partial charge on any atom is -0.465 e. The molecule has 4 N–H and O–H groups in total. The molecule has 10 heteroatoms. The molecule has 0 aliphatic heterocycles. The molecule has 0 spiro atoms. The summed E-state index contributed by atoms with van der Waals surface area (Å²) in [4.78, 5) is 27.4. The fraction of sp³-hybridized carbons (Fsp3) is 0.118. The number of aromatic amines is 2. The van der Waals surface area contributed by atoms with Gasteiger partial charge in [0.25, 0.3) is 0 Å². The van der Waals surface area contributed by atoms with Crippen molar-refractivity contribution in [3.05, 3.63) is 46.1 Å². The molecule has 0 saturated carbocycles. The summed E-state index contributed by atoms with van der Waals surface area (Å²) in [5.74, 6) is -1.28. The van der Waals surface area contributed by atoms with E-state index in [1.165, 1.54) is 14.2 Å². The number of hydrogen-bond acceptors (Lipinski definition) is 7. The van der Waals surface area contributed by atoms with Crippen LogP contribution >= 0.6 is 24.8 Å². The third-order valence-electron chi connectivity index (χ3n) is 3.94. The second kappa shape index (κ2) is 7.33. The first-order valence-corrected chi connectivity index (χ1v) is 8.54. The van der Waals surface area contributed by atoms with E-state index in [-0.39, 0.29) is 27.7 Å². The van der Waals surface area contributed by atoms with Crippen LogP contribution < -0.4 is 5.73 Å². The molecule has 3 aromatic rings. The van der Waals surface area contributed by atoms with Crippen molar-refractivity contribution in [2.75, 3.05) is 20.0 Å². The van der Waals surface area contributed by atoms with Crippen LogP contribution in [0.1, 0.15) is 20.7 Å². The number of methoxy groups -OCH3 is 2. The zero-order valence-corrected chi connectivity index (χ0v) is 16.1. The number of nitrogens with one attached hydrogen (secondary N) is 2. The lowest BCUT2D eigenvalue weighted by atomic mass is 10.1. The zero-order chi connectivity index (χ0) is 19.7. The molecular formula is C17H16N4O4S2. The van der Waals surface area contributed by atoms with Gasteiger partial charge in [-0.3, -0.25) is 5.10 Å². The highest BCUT2D eigenvalue weighted by molar-refractivity contribution is 7.80. The summed E-state index contributed by atoms with van der Waals surface area (Å²) >= 11 is 9.80. The van der Waals surface area contributed by atoms with E-state index in [1.54, 1.807) is 4.68 Å². The van der Waals surface area contributed by atoms with Crippen LogP contribution in [-0.2, 0) is 9.47 Å². The molecule has 8 nitrogen and oxygen atoms in total. The van der Waals surface area contributed by atoms with Crippen LogP contribution in [0.5, 0.6) is 0 Å². The highest BCUT2D eigenvalue weighted by Gasteiger charge is 2.31. The van der Waals surface area contributed by atoms with E-state index < -0.39 is 11.9 Å². The summed E-state index contributed by atoms with van der Waals surface area (Å²) in [5.41, 5.74) is 7.36. The molecule has 0 unspecified atom stereocenters. The Balaban J connectivity index is 2.30. The summed E-state index contributed by atoms with van der Waals surface area (Å²) in [5, 5.41) is 3.10. The molecular weight excluding hydrogens is 388 g/mol. The monoisotopic (exact) mass is 404 g/mol.